The molecule has 9 heteroatoms. The largest absolute Gasteiger partial charge is 0.411 e. The zero-order chi connectivity index (χ0) is 17.3. The molecule has 23 heavy (non-hydrogen) atoms. The van der Waals surface area contributed by atoms with Crippen molar-refractivity contribution < 1.29 is 17.9 Å². The van der Waals surface area contributed by atoms with Gasteiger partial charge in [-0.2, -0.15) is 13.2 Å². The normalized spacial score (nSPS) is 12.5. The van der Waals surface area contributed by atoms with Gasteiger partial charge in [0.05, 0.1) is 17.2 Å². The molecule has 0 aliphatic rings. The lowest BCUT2D eigenvalue weighted by Crippen LogP contribution is -2.38. The predicted molar refractivity (Wildman–Crippen MR) is 85.8 cm³/mol. The summed E-state index contributed by atoms with van der Waals surface area (Å²) in [6.07, 6.45) is -3.83. The van der Waals surface area contributed by atoms with Gasteiger partial charge in [-0.15, -0.1) is 11.3 Å². The molecule has 1 N–H and O–H groups in total. The first-order chi connectivity index (χ1) is 10.8. The Hall–Kier alpha value is -1.35. The summed E-state index contributed by atoms with van der Waals surface area (Å²) in [4.78, 5) is 10.7. The van der Waals surface area contributed by atoms with Gasteiger partial charge in [-0.3, -0.25) is 4.99 Å². The van der Waals surface area contributed by atoms with Crippen LogP contribution >= 0.6 is 11.3 Å². The maximum Gasteiger partial charge on any atom is 0.411 e. The molecule has 1 rings (SSSR count). The summed E-state index contributed by atoms with van der Waals surface area (Å²) in [5, 5.41) is 6.17. The number of rotatable bonds is 8. The van der Waals surface area contributed by atoms with E-state index in [1.807, 2.05) is 31.2 Å². The second kappa shape index (κ2) is 9.71. The van der Waals surface area contributed by atoms with Gasteiger partial charge in [-0.1, -0.05) is 0 Å². The maximum absolute atomic E-state index is 11.9. The minimum Gasteiger partial charge on any atom is -0.372 e. The number of aryl methyl sites for hydroxylation is 1. The summed E-state index contributed by atoms with van der Waals surface area (Å²) in [7, 11) is 1.90. The van der Waals surface area contributed by atoms with E-state index >= 15 is 0 Å². The highest BCUT2D eigenvalue weighted by atomic mass is 32.1. The van der Waals surface area contributed by atoms with Crippen LogP contribution in [0.15, 0.2) is 10.4 Å². The SMILES string of the molecule is CCNC(=NCCCOCC(F)(F)F)N(C)Cc1csc(C)n1. The van der Waals surface area contributed by atoms with Crippen LogP contribution in [0.5, 0.6) is 0 Å². The van der Waals surface area contributed by atoms with Gasteiger partial charge in [-0.05, 0) is 20.3 Å². The zero-order valence-electron chi connectivity index (χ0n) is 13.6. The number of aliphatic imine (C=N–C) groups is 1. The van der Waals surface area contributed by atoms with Crippen molar-refractivity contribution in [3.8, 4) is 0 Å². The maximum atomic E-state index is 11.9. The van der Waals surface area contributed by atoms with Gasteiger partial charge in [-0.25, -0.2) is 4.98 Å². The Bertz CT molecular complexity index is 491. The fourth-order valence-electron chi connectivity index (χ4n) is 1.81. The van der Waals surface area contributed by atoms with Crippen LogP contribution in [0.4, 0.5) is 13.2 Å². The molecular weight excluding hydrogens is 329 g/mol. The molecule has 0 radical (unpaired) electrons. The highest BCUT2D eigenvalue weighted by molar-refractivity contribution is 7.09. The summed E-state index contributed by atoms with van der Waals surface area (Å²) >= 11 is 1.59. The van der Waals surface area contributed by atoms with E-state index in [9.17, 15) is 13.2 Å². The number of nitrogens with one attached hydrogen (secondary N) is 1. The van der Waals surface area contributed by atoms with Crippen molar-refractivity contribution in [1.29, 1.82) is 0 Å². The van der Waals surface area contributed by atoms with E-state index < -0.39 is 12.8 Å². The van der Waals surface area contributed by atoms with Crippen molar-refractivity contribution in [3.05, 3.63) is 16.1 Å². The molecule has 0 saturated heterocycles. The summed E-state index contributed by atoms with van der Waals surface area (Å²) < 4.78 is 40.4. The van der Waals surface area contributed by atoms with Crippen LogP contribution in [-0.4, -0.2) is 55.4 Å². The Morgan fingerprint density at radius 1 is 1.48 bits per heavy atom. The van der Waals surface area contributed by atoms with E-state index in [4.69, 9.17) is 0 Å². The highest BCUT2D eigenvalue weighted by Gasteiger charge is 2.27. The fraction of sp³-hybridized carbons (Fsp3) is 0.714. The molecule has 0 atom stereocenters. The number of halogens is 3. The first kappa shape index (κ1) is 19.7. The molecule has 5 nitrogen and oxygen atoms in total. The van der Waals surface area contributed by atoms with E-state index in [1.54, 1.807) is 11.3 Å². The Morgan fingerprint density at radius 2 is 2.22 bits per heavy atom. The van der Waals surface area contributed by atoms with Gasteiger partial charge in [0.2, 0.25) is 0 Å². The topological polar surface area (TPSA) is 49.8 Å². The standard InChI is InChI=1S/C14H23F3N4OS/c1-4-18-13(19-6-5-7-22-10-14(15,16)17)21(3)8-12-9-23-11(2)20-12/h9H,4-8,10H2,1-3H3,(H,18,19). The van der Waals surface area contributed by atoms with Crippen LogP contribution in [-0.2, 0) is 11.3 Å². The molecule has 0 aliphatic carbocycles. The number of nitrogens with zero attached hydrogens (tertiary/aromatic N) is 3. The van der Waals surface area contributed by atoms with Gasteiger partial charge in [0.25, 0.3) is 0 Å². The van der Waals surface area contributed by atoms with Gasteiger partial charge in [0.1, 0.15) is 6.61 Å². The minimum atomic E-state index is -4.27. The monoisotopic (exact) mass is 352 g/mol. The van der Waals surface area contributed by atoms with E-state index in [0.29, 0.717) is 32.0 Å². The average molecular weight is 352 g/mol. The summed E-state index contributed by atoms with van der Waals surface area (Å²) in [6.45, 7) is 4.49. The second-order valence-electron chi connectivity index (χ2n) is 4.97. The van der Waals surface area contributed by atoms with Crippen molar-refractivity contribution >= 4 is 17.3 Å². The highest BCUT2D eigenvalue weighted by Crippen LogP contribution is 2.14. The summed E-state index contributed by atoms with van der Waals surface area (Å²) in [6, 6.07) is 0. The van der Waals surface area contributed by atoms with Gasteiger partial charge < -0.3 is 15.0 Å². The molecule has 1 aromatic rings. The smallest absolute Gasteiger partial charge is 0.372 e. The molecule has 0 fully saturated rings. The molecular formula is C14H23F3N4OS. The number of thiazole rings is 1. The van der Waals surface area contributed by atoms with E-state index in [0.717, 1.165) is 10.7 Å². The second-order valence-corrected chi connectivity index (χ2v) is 6.03. The lowest BCUT2D eigenvalue weighted by Gasteiger charge is -2.21. The number of alkyl halides is 3. The van der Waals surface area contributed by atoms with Crippen LogP contribution < -0.4 is 5.32 Å². The predicted octanol–water partition coefficient (Wildman–Crippen LogP) is 2.82. The van der Waals surface area contributed by atoms with E-state index in [-0.39, 0.29) is 6.61 Å². The van der Waals surface area contributed by atoms with Crippen LogP contribution in [0.3, 0.4) is 0 Å². The molecule has 0 saturated carbocycles. The van der Waals surface area contributed by atoms with Crippen LogP contribution in [0.1, 0.15) is 24.0 Å². The molecule has 0 aromatic carbocycles. The Balaban J connectivity index is 2.40. The molecule has 0 amide bonds. The summed E-state index contributed by atoms with van der Waals surface area (Å²) in [5.74, 6) is 0.703. The van der Waals surface area contributed by atoms with Crippen molar-refractivity contribution in [2.75, 3.05) is 33.4 Å². The lowest BCUT2D eigenvalue weighted by atomic mass is 10.4. The van der Waals surface area contributed by atoms with E-state index in [1.165, 1.54) is 0 Å². The minimum absolute atomic E-state index is 0.0391. The molecule has 0 aliphatic heterocycles. The van der Waals surface area contributed by atoms with Crippen molar-refractivity contribution in [2.45, 2.75) is 33.0 Å². The molecule has 0 unspecified atom stereocenters. The number of ether oxygens (including phenoxy) is 1. The third-order valence-electron chi connectivity index (χ3n) is 2.74. The number of guanidine groups is 1. The number of hydrogen-bond acceptors (Lipinski definition) is 4. The quantitative estimate of drug-likeness (QED) is 0.444. The Morgan fingerprint density at radius 3 is 2.78 bits per heavy atom. The summed E-state index contributed by atoms with van der Waals surface area (Å²) in [5.41, 5.74) is 0.967. The number of hydrogen-bond donors (Lipinski definition) is 1. The van der Waals surface area contributed by atoms with Gasteiger partial charge in [0, 0.05) is 32.1 Å². The molecule has 1 heterocycles. The van der Waals surface area contributed by atoms with Crippen molar-refractivity contribution in [2.24, 2.45) is 4.99 Å². The van der Waals surface area contributed by atoms with Crippen LogP contribution in [0, 0.1) is 6.92 Å². The fourth-order valence-corrected chi connectivity index (χ4v) is 2.41. The van der Waals surface area contributed by atoms with Crippen LogP contribution in [0.25, 0.3) is 0 Å². The first-order valence-corrected chi connectivity index (χ1v) is 8.24. The molecule has 132 valence electrons. The first-order valence-electron chi connectivity index (χ1n) is 7.36. The van der Waals surface area contributed by atoms with Crippen molar-refractivity contribution in [3.63, 3.8) is 0 Å². The third-order valence-corrected chi connectivity index (χ3v) is 3.56. The van der Waals surface area contributed by atoms with E-state index in [2.05, 4.69) is 20.0 Å². The number of aromatic nitrogens is 1. The third kappa shape index (κ3) is 8.75. The molecule has 1 aromatic heterocycles. The Kier molecular flexibility index (Phi) is 8.32. The molecule has 0 spiro atoms. The Labute approximate surface area is 138 Å². The zero-order valence-corrected chi connectivity index (χ0v) is 14.4. The van der Waals surface area contributed by atoms with Gasteiger partial charge in [0.15, 0.2) is 5.96 Å². The van der Waals surface area contributed by atoms with Gasteiger partial charge >= 0.3 is 6.18 Å². The molecule has 0 bridgehead atoms. The lowest BCUT2D eigenvalue weighted by molar-refractivity contribution is -0.173. The van der Waals surface area contributed by atoms with Crippen LogP contribution in [0.2, 0.25) is 0 Å². The average Bonchev–Trinajstić information content (AvgIpc) is 2.85. The van der Waals surface area contributed by atoms with Crippen molar-refractivity contribution in [1.82, 2.24) is 15.2 Å².